The highest BCUT2D eigenvalue weighted by Crippen LogP contribution is 2.19. The molecule has 1 aromatic carbocycles. The Balaban J connectivity index is 1.97. The highest BCUT2D eigenvalue weighted by atomic mass is 16.3. The summed E-state index contributed by atoms with van der Waals surface area (Å²) in [5, 5.41) is 14.4. The summed E-state index contributed by atoms with van der Waals surface area (Å²) in [5.41, 5.74) is 1.89. The lowest BCUT2D eigenvalue weighted by Crippen LogP contribution is -2.13. The van der Waals surface area contributed by atoms with Crippen LogP contribution in [0.5, 0.6) is 0 Å². The van der Waals surface area contributed by atoms with Crippen LogP contribution in [-0.2, 0) is 0 Å². The third-order valence-electron chi connectivity index (χ3n) is 3.09. The van der Waals surface area contributed by atoms with E-state index in [1.54, 1.807) is 10.9 Å². The summed E-state index contributed by atoms with van der Waals surface area (Å²) in [6.45, 7) is 0.990. The summed E-state index contributed by atoms with van der Waals surface area (Å²) in [4.78, 5) is 2.13. The first-order valence-electron chi connectivity index (χ1n) is 6.59. The summed E-state index contributed by atoms with van der Waals surface area (Å²) < 4.78 is 1.80. The fraction of sp³-hybridized carbons (Fsp3) is 0.400. The summed E-state index contributed by atoms with van der Waals surface area (Å²) in [6.07, 6.45) is 4.95. The minimum absolute atomic E-state index is 0.433. The molecule has 0 amide bonds. The van der Waals surface area contributed by atoms with Crippen LogP contribution in [0.25, 0.3) is 5.69 Å². The molecular formula is C15H21N3O. The predicted molar refractivity (Wildman–Crippen MR) is 76.3 cm³/mol. The number of aliphatic hydroxyl groups excluding tert-OH is 1. The lowest BCUT2D eigenvalue weighted by molar-refractivity contribution is 0.160. The largest absolute Gasteiger partial charge is 0.388 e. The van der Waals surface area contributed by atoms with Crippen LogP contribution in [0.2, 0.25) is 0 Å². The molecule has 1 atom stereocenters. The van der Waals surface area contributed by atoms with Gasteiger partial charge in [-0.2, -0.15) is 5.10 Å². The van der Waals surface area contributed by atoms with Gasteiger partial charge in [0.1, 0.15) is 0 Å². The van der Waals surface area contributed by atoms with Gasteiger partial charge in [-0.15, -0.1) is 0 Å². The molecular weight excluding hydrogens is 238 g/mol. The summed E-state index contributed by atoms with van der Waals surface area (Å²) in [5.74, 6) is 0. The standard InChI is InChI=1S/C15H21N3O/c1-17(2)10-6-9-15(19)13-11-16-18(12-13)14-7-4-3-5-8-14/h3-5,7-8,11-12,15,19H,6,9-10H2,1-2H3. The van der Waals surface area contributed by atoms with Crippen LogP contribution in [0.4, 0.5) is 0 Å². The molecule has 19 heavy (non-hydrogen) atoms. The van der Waals surface area contributed by atoms with Crippen molar-refractivity contribution >= 4 is 0 Å². The van der Waals surface area contributed by atoms with Gasteiger partial charge in [0.05, 0.1) is 18.0 Å². The minimum atomic E-state index is -0.433. The van der Waals surface area contributed by atoms with E-state index in [9.17, 15) is 5.11 Å². The van der Waals surface area contributed by atoms with Crippen molar-refractivity contribution in [3.05, 3.63) is 48.3 Å². The molecule has 0 bridgehead atoms. The molecule has 4 heteroatoms. The Bertz CT molecular complexity index is 493. The van der Waals surface area contributed by atoms with E-state index >= 15 is 0 Å². The molecule has 0 radical (unpaired) electrons. The van der Waals surface area contributed by atoms with Gasteiger partial charge in [0, 0.05) is 11.8 Å². The maximum atomic E-state index is 10.1. The second-order valence-electron chi connectivity index (χ2n) is 5.02. The van der Waals surface area contributed by atoms with Crippen LogP contribution >= 0.6 is 0 Å². The van der Waals surface area contributed by atoms with Crippen LogP contribution < -0.4 is 0 Å². The average Bonchev–Trinajstić information content (AvgIpc) is 2.89. The van der Waals surface area contributed by atoms with Gasteiger partial charge in [-0.05, 0) is 45.6 Å². The number of hydrogen-bond acceptors (Lipinski definition) is 3. The van der Waals surface area contributed by atoms with Crippen molar-refractivity contribution in [2.45, 2.75) is 18.9 Å². The molecule has 0 aliphatic heterocycles. The zero-order valence-electron chi connectivity index (χ0n) is 11.5. The van der Waals surface area contributed by atoms with Crippen molar-refractivity contribution in [3.63, 3.8) is 0 Å². The molecule has 2 aromatic rings. The molecule has 102 valence electrons. The van der Waals surface area contributed by atoms with Crippen LogP contribution in [0.3, 0.4) is 0 Å². The quantitative estimate of drug-likeness (QED) is 0.865. The molecule has 1 heterocycles. The molecule has 2 rings (SSSR count). The number of nitrogens with zero attached hydrogens (tertiary/aromatic N) is 3. The molecule has 0 saturated carbocycles. The summed E-state index contributed by atoms with van der Waals surface area (Å²) in [6, 6.07) is 9.92. The minimum Gasteiger partial charge on any atom is -0.388 e. The average molecular weight is 259 g/mol. The fourth-order valence-corrected chi connectivity index (χ4v) is 2.00. The Morgan fingerprint density at radius 2 is 2.00 bits per heavy atom. The van der Waals surface area contributed by atoms with Crippen molar-refractivity contribution < 1.29 is 5.11 Å². The van der Waals surface area contributed by atoms with Crippen molar-refractivity contribution in [2.75, 3.05) is 20.6 Å². The zero-order valence-corrected chi connectivity index (χ0v) is 11.5. The van der Waals surface area contributed by atoms with Crippen LogP contribution in [-0.4, -0.2) is 40.4 Å². The third kappa shape index (κ3) is 3.91. The number of benzene rings is 1. The van der Waals surface area contributed by atoms with Crippen LogP contribution in [0.1, 0.15) is 24.5 Å². The third-order valence-corrected chi connectivity index (χ3v) is 3.09. The van der Waals surface area contributed by atoms with Crippen molar-refractivity contribution in [1.29, 1.82) is 0 Å². The van der Waals surface area contributed by atoms with Gasteiger partial charge in [-0.1, -0.05) is 18.2 Å². The first kappa shape index (κ1) is 13.8. The molecule has 1 N–H and O–H groups in total. The maximum absolute atomic E-state index is 10.1. The molecule has 0 saturated heterocycles. The monoisotopic (exact) mass is 259 g/mol. The molecule has 1 unspecified atom stereocenters. The zero-order chi connectivity index (χ0) is 13.7. The number of hydrogen-bond donors (Lipinski definition) is 1. The molecule has 4 nitrogen and oxygen atoms in total. The fourth-order valence-electron chi connectivity index (χ4n) is 2.00. The van der Waals surface area contributed by atoms with Crippen LogP contribution in [0, 0.1) is 0 Å². The van der Waals surface area contributed by atoms with Gasteiger partial charge in [-0.3, -0.25) is 0 Å². The van der Waals surface area contributed by atoms with E-state index < -0.39 is 6.10 Å². The summed E-state index contributed by atoms with van der Waals surface area (Å²) >= 11 is 0. The first-order chi connectivity index (χ1) is 9.16. The van der Waals surface area contributed by atoms with E-state index in [-0.39, 0.29) is 0 Å². The Kier molecular flexibility index (Phi) is 4.71. The SMILES string of the molecule is CN(C)CCCC(O)c1cnn(-c2ccccc2)c1. The van der Waals surface area contributed by atoms with E-state index in [1.807, 2.05) is 50.6 Å². The normalized spacial score (nSPS) is 12.8. The van der Waals surface area contributed by atoms with E-state index in [2.05, 4.69) is 10.00 Å². The van der Waals surface area contributed by atoms with Gasteiger partial charge in [0.15, 0.2) is 0 Å². The summed E-state index contributed by atoms with van der Waals surface area (Å²) in [7, 11) is 4.08. The van der Waals surface area contributed by atoms with Gasteiger partial charge >= 0.3 is 0 Å². The van der Waals surface area contributed by atoms with Gasteiger partial charge in [0.25, 0.3) is 0 Å². The predicted octanol–water partition coefficient (Wildman–Crippen LogP) is 2.25. The van der Waals surface area contributed by atoms with Gasteiger partial charge < -0.3 is 10.0 Å². The number of para-hydroxylation sites is 1. The second kappa shape index (κ2) is 6.50. The lowest BCUT2D eigenvalue weighted by Gasteiger charge is -2.11. The Hall–Kier alpha value is -1.65. The van der Waals surface area contributed by atoms with E-state index in [4.69, 9.17) is 0 Å². The van der Waals surface area contributed by atoms with E-state index in [1.165, 1.54) is 0 Å². The van der Waals surface area contributed by atoms with Crippen molar-refractivity contribution in [2.24, 2.45) is 0 Å². The number of rotatable bonds is 6. The van der Waals surface area contributed by atoms with Crippen molar-refractivity contribution in [1.82, 2.24) is 14.7 Å². The second-order valence-corrected chi connectivity index (χ2v) is 5.02. The van der Waals surface area contributed by atoms with Gasteiger partial charge in [-0.25, -0.2) is 4.68 Å². The Morgan fingerprint density at radius 3 is 2.68 bits per heavy atom. The molecule has 1 aromatic heterocycles. The Labute approximate surface area is 114 Å². The van der Waals surface area contributed by atoms with Gasteiger partial charge in [0.2, 0.25) is 0 Å². The highest BCUT2D eigenvalue weighted by Gasteiger charge is 2.10. The van der Waals surface area contributed by atoms with E-state index in [0.717, 1.165) is 30.6 Å². The number of aliphatic hydroxyl groups is 1. The maximum Gasteiger partial charge on any atom is 0.0821 e. The molecule has 0 aliphatic carbocycles. The van der Waals surface area contributed by atoms with Crippen LogP contribution in [0.15, 0.2) is 42.7 Å². The lowest BCUT2D eigenvalue weighted by atomic mass is 10.1. The van der Waals surface area contributed by atoms with E-state index in [0.29, 0.717) is 0 Å². The van der Waals surface area contributed by atoms with Crippen molar-refractivity contribution in [3.8, 4) is 5.69 Å². The smallest absolute Gasteiger partial charge is 0.0821 e. The topological polar surface area (TPSA) is 41.3 Å². The molecule has 0 aliphatic rings. The first-order valence-corrected chi connectivity index (χ1v) is 6.59. The molecule has 0 spiro atoms. The Morgan fingerprint density at radius 1 is 1.26 bits per heavy atom. The number of aromatic nitrogens is 2. The molecule has 0 fully saturated rings. The highest BCUT2D eigenvalue weighted by molar-refractivity contribution is 5.31.